The Labute approximate surface area is 161 Å². The summed E-state index contributed by atoms with van der Waals surface area (Å²) in [6.45, 7) is 2.90. The Hall–Kier alpha value is -2.66. The van der Waals surface area contributed by atoms with Crippen LogP contribution < -0.4 is 0 Å². The second kappa shape index (κ2) is 7.16. The minimum Gasteiger partial charge on any atom is -0.360 e. The first-order chi connectivity index (χ1) is 13.1. The number of benzene rings is 2. The summed E-state index contributed by atoms with van der Waals surface area (Å²) in [4.78, 5) is 15.0. The van der Waals surface area contributed by atoms with Gasteiger partial charge in [0.1, 0.15) is 22.8 Å². The van der Waals surface area contributed by atoms with Gasteiger partial charge in [-0.2, -0.15) is 0 Å². The van der Waals surface area contributed by atoms with Crippen LogP contribution in [0, 0.1) is 12.7 Å². The molecule has 1 aliphatic heterocycles. The van der Waals surface area contributed by atoms with Crippen molar-refractivity contribution >= 4 is 17.5 Å². The normalized spacial score (nSPS) is 16.7. The zero-order chi connectivity index (χ0) is 19.0. The van der Waals surface area contributed by atoms with Gasteiger partial charge in [-0.15, -0.1) is 0 Å². The van der Waals surface area contributed by atoms with Crippen LogP contribution in [0.2, 0.25) is 5.02 Å². The van der Waals surface area contributed by atoms with Crippen LogP contribution in [0.4, 0.5) is 4.39 Å². The maximum atomic E-state index is 14.4. The molecule has 1 aliphatic rings. The molecular formula is C21H18ClFN2O2. The SMILES string of the molecule is Cc1onc(-c2c(F)cccc2Cl)c1C(=O)N1CC[C@@H](c2ccccc2)C1. The summed E-state index contributed by atoms with van der Waals surface area (Å²) in [7, 11) is 0. The van der Waals surface area contributed by atoms with Crippen LogP contribution in [0.15, 0.2) is 53.1 Å². The molecule has 6 heteroatoms. The monoisotopic (exact) mass is 384 g/mol. The van der Waals surface area contributed by atoms with E-state index in [-0.39, 0.29) is 33.7 Å². The maximum Gasteiger partial charge on any atom is 0.259 e. The van der Waals surface area contributed by atoms with Crippen LogP contribution in [-0.4, -0.2) is 29.1 Å². The summed E-state index contributed by atoms with van der Waals surface area (Å²) in [6.07, 6.45) is 0.885. The van der Waals surface area contributed by atoms with E-state index in [9.17, 15) is 9.18 Å². The van der Waals surface area contributed by atoms with E-state index in [1.165, 1.54) is 17.7 Å². The van der Waals surface area contributed by atoms with Crippen LogP contribution >= 0.6 is 11.6 Å². The molecule has 0 spiro atoms. The van der Waals surface area contributed by atoms with Crippen LogP contribution in [-0.2, 0) is 0 Å². The lowest BCUT2D eigenvalue weighted by Gasteiger charge is -2.17. The summed E-state index contributed by atoms with van der Waals surface area (Å²) in [5.41, 5.74) is 1.74. The molecule has 0 aliphatic carbocycles. The Balaban J connectivity index is 1.65. The number of aryl methyl sites for hydroxylation is 1. The molecular weight excluding hydrogens is 367 g/mol. The summed E-state index contributed by atoms with van der Waals surface area (Å²) in [5, 5.41) is 4.13. The molecule has 1 atom stereocenters. The van der Waals surface area contributed by atoms with Crippen molar-refractivity contribution in [1.82, 2.24) is 10.1 Å². The smallest absolute Gasteiger partial charge is 0.259 e. The summed E-state index contributed by atoms with van der Waals surface area (Å²) < 4.78 is 19.6. The second-order valence-corrected chi connectivity index (χ2v) is 7.11. The highest BCUT2D eigenvalue weighted by Crippen LogP contribution is 2.35. The third-order valence-corrected chi connectivity index (χ3v) is 5.34. The number of rotatable bonds is 3. The number of halogens is 2. The van der Waals surface area contributed by atoms with Gasteiger partial charge in [-0.3, -0.25) is 4.79 Å². The number of nitrogens with zero attached hydrogens (tertiary/aromatic N) is 2. The number of amides is 1. The van der Waals surface area contributed by atoms with Crippen molar-refractivity contribution in [2.75, 3.05) is 13.1 Å². The van der Waals surface area contributed by atoms with Gasteiger partial charge in [0.05, 0.1) is 10.6 Å². The first-order valence-electron chi connectivity index (χ1n) is 8.81. The zero-order valence-electron chi connectivity index (χ0n) is 14.8. The Kier molecular flexibility index (Phi) is 4.70. The second-order valence-electron chi connectivity index (χ2n) is 6.71. The van der Waals surface area contributed by atoms with E-state index in [2.05, 4.69) is 17.3 Å². The lowest BCUT2D eigenvalue weighted by molar-refractivity contribution is 0.0789. The predicted octanol–water partition coefficient (Wildman–Crippen LogP) is 5.07. The van der Waals surface area contributed by atoms with Gasteiger partial charge in [0.15, 0.2) is 0 Å². The molecule has 2 aromatic carbocycles. The van der Waals surface area contributed by atoms with Crippen molar-refractivity contribution in [1.29, 1.82) is 0 Å². The van der Waals surface area contributed by atoms with Crippen LogP contribution in [0.3, 0.4) is 0 Å². The van der Waals surface area contributed by atoms with E-state index in [0.717, 1.165) is 6.42 Å². The van der Waals surface area contributed by atoms with E-state index in [1.54, 1.807) is 17.9 Å². The number of hydrogen-bond donors (Lipinski definition) is 0. The van der Waals surface area contributed by atoms with E-state index >= 15 is 0 Å². The fourth-order valence-electron chi connectivity index (χ4n) is 3.62. The molecule has 1 aromatic heterocycles. The molecule has 0 radical (unpaired) electrons. The maximum absolute atomic E-state index is 14.4. The molecule has 1 fully saturated rings. The molecule has 0 saturated carbocycles. The number of likely N-dealkylation sites (tertiary alicyclic amines) is 1. The van der Waals surface area contributed by atoms with Gasteiger partial charge >= 0.3 is 0 Å². The third kappa shape index (κ3) is 3.23. The lowest BCUT2D eigenvalue weighted by Crippen LogP contribution is -2.29. The fraction of sp³-hybridized carbons (Fsp3) is 0.238. The highest BCUT2D eigenvalue weighted by atomic mass is 35.5. The van der Waals surface area contributed by atoms with Gasteiger partial charge in [0.2, 0.25) is 0 Å². The van der Waals surface area contributed by atoms with Gasteiger partial charge in [-0.05, 0) is 31.0 Å². The van der Waals surface area contributed by atoms with Gasteiger partial charge in [-0.1, -0.05) is 53.2 Å². The van der Waals surface area contributed by atoms with Crippen LogP contribution in [0.25, 0.3) is 11.3 Å². The summed E-state index contributed by atoms with van der Waals surface area (Å²) >= 11 is 6.17. The van der Waals surface area contributed by atoms with Crippen LogP contribution in [0.5, 0.6) is 0 Å². The fourth-order valence-corrected chi connectivity index (χ4v) is 3.87. The highest BCUT2D eigenvalue weighted by Gasteiger charge is 2.33. The molecule has 2 heterocycles. The van der Waals surface area contributed by atoms with Crippen molar-refractivity contribution in [2.24, 2.45) is 0 Å². The Bertz CT molecular complexity index is 967. The largest absolute Gasteiger partial charge is 0.360 e. The van der Waals surface area contributed by atoms with Crippen molar-refractivity contribution in [3.05, 3.63) is 76.3 Å². The van der Waals surface area contributed by atoms with Crippen LogP contribution in [0.1, 0.15) is 34.0 Å². The molecule has 1 saturated heterocycles. The van der Waals surface area contributed by atoms with Crippen molar-refractivity contribution < 1.29 is 13.7 Å². The zero-order valence-corrected chi connectivity index (χ0v) is 15.5. The van der Waals surface area contributed by atoms with Gasteiger partial charge in [0.25, 0.3) is 5.91 Å². The summed E-state index contributed by atoms with van der Waals surface area (Å²) in [6, 6.07) is 14.5. The molecule has 0 N–H and O–H groups in total. The van der Waals surface area contributed by atoms with E-state index < -0.39 is 5.82 Å². The van der Waals surface area contributed by atoms with E-state index in [4.69, 9.17) is 16.1 Å². The van der Waals surface area contributed by atoms with Gasteiger partial charge < -0.3 is 9.42 Å². The molecule has 4 nitrogen and oxygen atoms in total. The highest BCUT2D eigenvalue weighted by molar-refractivity contribution is 6.33. The Morgan fingerprint density at radius 2 is 2.00 bits per heavy atom. The lowest BCUT2D eigenvalue weighted by atomic mass is 9.99. The molecule has 4 rings (SSSR count). The Morgan fingerprint density at radius 3 is 2.74 bits per heavy atom. The van der Waals surface area contributed by atoms with Crippen molar-refractivity contribution in [3.63, 3.8) is 0 Å². The standard InChI is InChI=1S/C21H18ClFN2O2/c1-13-18(20(24-27-13)19-16(22)8-5-9-17(19)23)21(26)25-11-10-15(12-25)14-6-3-2-4-7-14/h2-9,15H,10-12H2,1H3/t15-/m1/s1. The van der Waals surface area contributed by atoms with Gasteiger partial charge in [0, 0.05) is 19.0 Å². The molecule has 0 bridgehead atoms. The predicted molar refractivity (Wildman–Crippen MR) is 101 cm³/mol. The molecule has 0 unspecified atom stereocenters. The first-order valence-corrected chi connectivity index (χ1v) is 9.19. The molecule has 3 aromatic rings. The molecule has 138 valence electrons. The quantitative estimate of drug-likeness (QED) is 0.633. The number of aromatic nitrogens is 1. The van der Waals surface area contributed by atoms with Crippen molar-refractivity contribution in [2.45, 2.75) is 19.3 Å². The van der Waals surface area contributed by atoms with Crippen molar-refractivity contribution in [3.8, 4) is 11.3 Å². The number of hydrogen-bond acceptors (Lipinski definition) is 3. The first kappa shape index (κ1) is 17.7. The molecule has 27 heavy (non-hydrogen) atoms. The van der Waals surface area contributed by atoms with E-state index in [0.29, 0.717) is 18.8 Å². The average molecular weight is 385 g/mol. The summed E-state index contributed by atoms with van der Waals surface area (Å²) in [5.74, 6) is -0.0942. The average Bonchev–Trinajstić information content (AvgIpc) is 3.29. The minimum atomic E-state index is -0.534. The minimum absolute atomic E-state index is 0.0955. The van der Waals surface area contributed by atoms with E-state index in [1.807, 2.05) is 18.2 Å². The number of carbonyl (C=O) groups is 1. The number of carbonyl (C=O) groups excluding carboxylic acids is 1. The Morgan fingerprint density at radius 1 is 1.22 bits per heavy atom. The molecule has 1 amide bonds. The topological polar surface area (TPSA) is 46.3 Å². The third-order valence-electron chi connectivity index (χ3n) is 5.02. The van der Waals surface area contributed by atoms with Gasteiger partial charge in [-0.25, -0.2) is 4.39 Å².